The van der Waals surface area contributed by atoms with Gasteiger partial charge in [0.15, 0.2) is 0 Å². The van der Waals surface area contributed by atoms with E-state index in [2.05, 4.69) is 25.8 Å². The van der Waals surface area contributed by atoms with Crippen LogP contribution in [0.3, 0.4) is 0 Å². The molecular weight excluding hydrogens is 538 g/mol. The molecule has 0 saturated heterocycles. The van der Waals surface area contributed by atoms with E-state index in [0.717, 1.165) is 38.4 Å². The van der Waals surface area contributed by atoms with Crippen molar-refractivity contribution < 1.29 is 9.53 Å². The predicted octanol–water partition coefficient (Wildman–Crippen LogP) is 7.63. The van der Waals surface area contributed by atoms with Crippen LogP contribution < -0.4 is 10.1 Å². The highest BCUT2D eigenvalue weighted by atomic mass is 79.9. The molecule has 1 amide bonds. The van der Waals surface area contributed by atoms with Crippen LogP contribution in [0.5, 0.6) is 5.75 Å². The van der Waals surface area contributed by atoms with Crippen LogP contribution in [0.4, 0.5) is 5.69 Å². The van der Waals surface area contributed by atoms with E-state index in [9.17, 15) is 10.1 Å². The minimum Gasteiger partial charge on any atom is -0.489 e. The molecule has 0 unspecified atom stereocenters. The van der Waals surface area contributed by atoms with Gasteiger partial charge in [-0.05, 0) is 97.8 Å². The Balaban J connectivity index is 1.50. The zero-order chi connectivity index (χ0) is 25.7. The normalized spacial score (nSPS) is 11.1. The Morgan fingerprint density at radius 3 is 2.36 bits per heavy atom. The maximum atomic E-state index is 12.7. The van der Waals surface area contributed by atoms with E-state index >= 15 is 0 Å². The Labute approximate surface area is 223 Å². The first-order valence-corrected chi connectivity index (χ1v) is 12.4. The number of benzene rings is 3. The van der Waals surface area contributed by atoms with E-state index in [0.29, 0.717) is 17.3 Å². The summed E-state index contributed by atoms with van der Waals surface area (Å²) in [6.07, 6.45) is 1.61. The van der Waals surface area contributed by atoms with Crippen molar-refractivity contribution in [2.75, 3.05) is 5.32 Å². The van der Waals surface area contributed by atoms with Crippen molar-refractivity contribution in [1.29, 1.82) is 5.26 Å². The van der Waals surface area contributed by atoms with Crippen molar-refractivity contribution in [3.63, 3.8) is 0 Å². The third-order valence-electron chi connectivity index (χ3n) is 5.65. The van der Waals surface area contributed by atoms with Gasteiger partial charge in [0, 0.05) is 32.3 Å². The van der Waals surface area contributed by atoms with Crippen LogP contribution in [0.1, 0.15) is 22.5 Å². The Hall–Kier alpha value is -3.79. The van der Waals surface area contributed by atoms with Crippen molar-refractivity contribution in [2.45, 2.75) is 20.5 Å². The molecule has 0 bridgehead atoms. The van der Waals surface area contributed by atoms with Gasteiger partial charge in [0.1, 0.15) is 24.0 Å². The number of anilines is 1. The zero-order valence-corrected chi connectivity index (χ0v) is 22.1. The van der Waals surface area contributed by atoms with Crippen molar-refractivity contribution >= 4 is 45.2 Å². The molecule has 0 saturated carbocycles. The molecule has 3 aromatic carbocycles. The molecule has 1 aromatic heterocycles. The number of halogens is 2. The SMILES string of the molecule is Cc1cc(/C=C(/C#N)C(=O)Nc2ccc(Cl)cc2)c(C)n1-c1ccc(OCc2ccc(Br)cc2)cc1. The average molecular weight is 561 g/mol. The number of ether oxygens (including phenoxy) is 1. The van der Waals surface area contributed by atoms with Crippen LogP contribution in [0.25, 0.3) is 11.8 Å². The number of amides is 1. The maximum Gasteiger partial charge on any atom is 0.266 e. The minimum atomic E-state index is -0.475. The van der Waals surface area contributed by atoms with Gasteiger partial charge >= 0.3 is 0 Å². The first-order valence-electron chi connectivity index (χ1n) is 11.2. The highest BCUT2D eigenvalue weighted by molar-refractivity contribution is 9.10. The topological polar surface area (TPSA) is 67.0 Å². The smallest absolute Gasteiger partial charge is 0.266 e. The largest absolute Gasteiger partial charge is 0.489 e. The second-order valence-electron chi connectivity index (χ2n) is 8.20. The average Bonchev–Trinajstić information content (AvgIpc) is 3.16. The number of nitrogens with one attached hydrogen (secondary N) is 1. The molecule has 180 valence electrons. The lowest BCUT2D eigenvalue weighted by atomic mass is 10.1. The summed E-state index contributed by atoms with van der Waals surface area (Å²) in [5.74, 6) is 0.298. The molecule has 4 aromatic rings. The quantitative estimate of drug-likeness (QED) is 0.187. The van der Waals surface area contributed by atoms with E-state index < -0.39 is 5.91 Å². The highest BCUT2D eigenvalue weighted by Crippen LogP contribution is 2.25. The molecule has 0 spiro atoms. The van der Waals surface area contributed by atoms with Gasteiger partial charge in [0.2, 0.25) is 0 Å². The molecule has 0 radical (unpaired) electrons. The van der Waals surface area contributed by atoms with Gasteiger partial charge in [-0.25, -0.2) is 0 Å². The second-order valence-corrected chi connectivity index (χ2v) is 9.55. The monoisotopic (exact) mass is 559 g/mol. The van der Waals surface area contributed by atoms with Gasteiger partial charge in [-0.2, -0.15) is 5.26 Å². The molecule has 0 atom stereocenters. The molecule has 0 aliphatic heterocycles. The molecule has 7 heteroatoms. The number of carbonyl (C=O) groups is 1. The van der Waals surface area contributed by atoms with Crippen molar-refractivity contribution in [2.24, 2.45) is 0 Å². The number of hydrogen-bond donors (Lipinski definition) is 1. The summed E-state index contributed by atoms with van der Waals surface area (Å²) in [6.45, 7) is 4.43. The Morgan fingerprint density at radius 2 is 1.72 bits per heavy atom. The summed E-state index contributed by atoms with van der Waals surface area (Å²) in [5, 5.41) is 12.9. The minimum absolute atomic E-state index is 0.0156. The summed E-state index contributed by atoms with van der Waals surface area (Å²) in [4.78, 5) is 12.7. The first-order chi connectivity index (χ1) is 17.3. The molecule has 4 rings (SSSR count). The van der Waals surface area contributed by atoms with E-state index in [1.807, 2.05) is 74.5 Å². The number of rotatable bonds is 7. The van der Waals surface area contributed by atoms with Crippen molar-refractivity contribution in [3.05, 3.63) is 116 Å². The Kier molecular flexibility index (Phi) is 7.94. The maximum absolute atomic E-state index is 12.7. The number of nitrogens with zero attached hydrogens (tertiary/aromatic N) is 2. The van der Waals surface area contributed by atoms with Gasteiger partial charge in [0.25, 0.3) is 5.91 Å². The standard InChI is InChI=1S/C29H23BrClN3O2/c1-19-15-22(16-23(17-32)29(35)33-26-9-7-25(31)8-10-26)20(2)34(19)27-11-13-28(14-12-27)36-18-21-3-5-24(30)6-4-21/h3-16H,18H2,1-2H3,(H,33,35)/b23-16-. The number of aryl methyl sites for hydroxylation is 1. The number of hydrogen-bond acceptors (Lipinski definition) is 3. The van der Waals surface area contributed by atoms with Gasteiger partial charge in [-0.1, -0.05) is 39.7 Å². The van der Waals surface area contributed by atoms with Gasteiger partial charge in [-0.15, -0.1) is 0 Å². The lowest BCUT2D eigenvalue weighted by Gasteiger charge is -2.12. The fourth-order valence-electron chi connectivity index (χ4n) is 3.81. The third-order valence-corrected chi connectivity index (χ3v) is 6.43. The summed E-state index contributed by atoms with van der Waals surface area (Å²) in [7, 11) is 0. The predicted molar refractivity (Wildman–Crippen MR) is 147 cm³/mol. The van der Waals surface area contributed by atoms with Crippen LogP contribution in [0.15, 0.2) is 88.9 Å². The van der Waals surface area contributed by atoms with Gasteiger partial charge in [-0.3, -0.25) is 4.79 Å². The second kappa shape index (κ2) is 11.3. The van der Waals surface area contributed by atoms with Gasteiger partial charge in [0.05, 0.1) is 0 Å². The lowest BCUT2D eigenvalue weighted by Crippen LogP contribution is -2.13. The van der Waals surface area contributed by atoms with Crippen LogP contribution in [-0.4, -0.2) is 10.5 Å². The fraction of sp³-hybridized carbons (Fsp3) is 0.103. The first kappa shape index (κ1) is 25.3. The molecule has 0 fully saturated rings. The van der Waals surface area contributed by atoms with Crippen molar-refractivity contribution in [3.8, 4) is 17.5 Å². The van der Waals surface area contributed by atoms with E-state index in [4.69, 9.17) is 16.3 Å². The van der Waals surface area contributed by atoms with Crippen LogP contribution in [-0.2, 0) is 11.4 Å². The summed E-state index contributed by atoms with van der Waals surface area (Å²) >= 11 is 9.34. The summed E-state index contributed by atoms with van der Waals surface area (Å²) < 4.78 is 9.03. The summed E-state index contributed by atoms with van der Waals surface area (Å²) in [6, 6.07) is 26.6. The molecule has 1 heterocycles. The Bertz CT molecular complexity index is 1450. The van der Waals surface area contributed by atoms with E-state index in [1.165, 1.54) is 0 Å². The molecule has 1 N–H and O–H groups in total. The van der Waals surface area contributed by atoms with Crippen LogP contribution in [0.2, 0.25) is 5.02 Å². The van der Waals surface area contributed by atoms with Crippen LogP contribution >= 0.6 is 27.5 Å². The Morgan fingerprint density at radius 1 is 1.06 bits per heavy atom. The fourth-order valence-corrected chi connectivity index (χ4v) is 4.20. The highest BCUT2D eigenvalue weighted by Gasteiger charge is 2.14. The number of aromatic nitrogens is 1. The molecule has 0 aliphatic rings. The number of carbonyl (C=O) groups excluding carboxylic acids is 1. The molecule has 36 heavy (non-hydrogen) atoms. The lowest BCUT2D eigenvalue weighted by molar-refractivity contribution is -0.112. The van der Waals surface area contributed by atoms with E-state index in [1.54, 1.807) is 30.3 Å². The third kappa shape index (κ3) is 6.06. The number of nitriles is 1. The zero-order valence-electron chi connectivity index (χ0n) is 19.8. The summed E-state index contributed by atoms with van der Waals surface area (Å²) in [5.41, 5.74) is 5.33. The van der Waals surface area contributed by atoms with Gasteiger partial charge < -0.3 is 14.6 Å². The van der Waals surface area contributed by atoms with Crippen molar-refractivity contribution in [1.82, 2.24) is 4.57 Å². The van der Waals surface area contributed by atoms with E-state index in [-0.39, 0.29) is 5.57 Å². The molecule has 0 aliphatic carbocycles. The van der Waals surface area contributed by atoms with Crippen LogP contribution in [0, 0.1) is 25.2 Å². The molecule has 5 nitrogen and oxygen atoms in total. The molecular formula is C29H23BrClN3O2.